The first kappa shape index (κ1) is 17.1. The molecule has 5 nitrogen and oxygen atoms in total. The van der Waals surface area contributed by atoms with E-state index >= 15 is 0 Å². The standard InChI is InChI=1S/C15H18BrNO4S/c16-12-3-5-13(6-4-12)22(21)9-1-2-14(18)17-8-7-11(10-17)15(19)20/h3-6,11H,1-2,7-10H2,(H,19,20)/t11-,22-/m0/s1. The van der Waals surface area contributed by atoms with Crippen LogP contribution in [-0.2, 0) is 20.4 Å². The van der Waals surface area contributed by atoms with Gasteiger partial charge in [-0.15, -0.1) is 0 Å². The molecule has 0 aromatic heterocycles. The van der Waals surface area contributed by atoms with Gasteiger partial charge in [-0.1, -0.05) is 15.9 Å². The molecule has 0 bridgehead atoms. The van der Waals surface area contributed by atoms with Gasteiger partial charge in [0, 0.05) is 34.6 Å². The van der Waals surface area contributed by atoms with Gasteiger partial charge in [-0.3, -0.25) is 13.8 Å². The number of hydrogen-bond acceptors (Lipinski definition) is 3. The van der Waals surface area contributed by atoms with Gasteiger partial charge in [0.15, 0.2) is 0 Å². The van der Waals surface area contributed by atoms with E-state index in [2.05, 4.69) is 15.9 Å². The van der Waals surface area contributed by atoms with Gasteiger partial charge in [0.05, 0.1) is 16.7 Å². The van der Waals surface area contributed by atoms with Crippen molar-refractivity contribution in [3.8, 4) is 0 Å². The van der Waals surface area contributed by atoms with Gasteiger partial charge in [0.2, 0.25) is 5.91 Å². The zero-order valence-corrected chi connectivity index (χ0v) is 14.4. The highest BCUT2D eigenvalue weighted by Gasteiger charge is 2.30. The highest BCUT2D eigenvalue weighted by molar-refractivity contribution is 9.10. The fraction of sp³-hybridized carbons (Fsp3) is 0.467. The Morgan fingerprint density at radius 1 is 1.32 bits per heavy atom. The average molecular weight is 388 g/mol. The van der Waals surface area contributed by atoms with Crippen LogP contribution in [-0.4, -0.2) is 44.9 Å². The summed E-state index contributed by atoms with van der Waals surface area (Å²) in [5.74, 6) is -0.895. The summed E-state index contributed by atoms with van der Waals surface area (Å²) < 4.78 is 13.0. The van der Waals surface area contributed by atoms with Crippen molar-refractivity contribution in [3.05, 3.63) is 28.7 Å². The minimum atomic E-state index is -1.11. The molecule has 1 aliphatic heterocycles. The Kier molecular flexibility index (Phi) is 6.14. The Morgan fingerprint density at radius 2 is 2.00 bits per heavy atom. The number of carboxylic acids is 1. The quantitative estimate of drug-likeness (QED) is 0.812. The normalized spacial score (nSPS) is 19.1. The number of carbonyl (C=O) groups excluding carboxylic acids is 1. The number of carbonyl (C=O) groups is 2. The van der Waals surface area contributed by atoms with Crippen LogP contribution in [0.1, 0.15) is 19.3 Å². The molecule has 1 N–H and O–H groups in total. The monoisotopic (exact) mass is 387 g/mol. The minimum absolute atomic E-state index is 0.0449. The fourth-order valence-corrected chi connectivity index (χ4v) is 3.75. The lowest BCUT2D eigenvalue weighted by atomic mass is 10.1. The van der Waals surface area contributed by atoms with Gasteiger partial charge in [0.25, 0.3) is 0 Å². The molecule has 2 atom stereocenters. The minimum Gasteiger partial charge on any atom is -0.481 e. The second-order valence-corrected chi connectivity index (χ2v) is 7.76. The van der Waals surface area contributed by atoms with Crippen LogP contribution in [0.15, 0.2) is 33.6 Å². The summed E-state index contributed by atoms with van der Waals surface area (Å²) >= 11 is 3.33. The molecule has 1 aromatic carbocycles. The molecular formula is C15H18BrNO4S. The molecule has 7 heteroatoms. The molecule has 0 spiro atoms. The first-order valence-electron chi connectivity index (χ1n) is 7.12. The van der Waals surface area contributed by atoms with Crippen LogP contribution < -0.4 is 0 Å². The number of halogens is 1. The molecule has 120 valence electrons. The van der Waals surface area contributed by atoms with Gasteiger partial charge < -0.3 is 10.0 Å². The molecule has 1 heterocycles. The maximum Gasteiger partial charge on any atom is 0.308 e. The van der Waals surface area contributed by atoms with Gasteiger partial charge >= 0.3 is 5.97 Å². The first-order valence-corrected chi connectivity index (χ1v) is 9.23. The summed E-state index contributed by atoms with van der Waals surface area (Å²) in [5.41, 5.74) is 0. The van der Waals surface area contributed by atoms with Gasteiger partial charge in [0.1, 0.15) is 0 Å². The molecule has 1 aromatic rings. The molecule has 0 aliphatic carbocycles. The van der Waals surface area contributed by atoms with Crippen molar-refractivity contribution < 1.29 is 18.9 Å². The first-order chi connectivity index (χ1) is 10.5. The van der Waals surface area contributed by atoms with E-state index in [9.17, 15) is 13.8 Å². The van der Waals surface area contributed by atoms with Gasteiger partial charge in [-0.25, -0.2) is 0 Å². The number of likely N-dealkylation sites (tertiary alicyclic amines) is 1. The van der Waals surface area contributed by atoms with Crippen molar-refractivity contribution >= 4 is 38.6 Å². The second-order valence-electron chi connectivity index (χ2n) is 5.27. The predicted octanol–water partition coefficient (Wildman–Crippen LogP) is 2.27. The topological polar surface area (TPSA) is 74.7 Å². The average Bonchev–Trinajstić information content (AvgIpc) is 2.98. The van der Waals surface area contributed by atoms with Gasteiger partial charge in [-0.2, -0.15) is 0 Å². The zero-order chi connectivity index (χ0) is 16.1. The van der Waals surface area contributed by atoms with Gasteiger partial charge in [-0.05, 0) is 37.1 Å². The third-order valence-electron chi connectivity index (χ3n) is 3.69. The summed E-state index contributed by atoms with van der Waals surface area (Å²) in [7, 11) is -1.11. The molecule has 2 rings (SSSR count). The number of rotatable bonds is 6. The number of amides is 1. The van der Waals surface area contributed by atoms with E-state index in [-0.39, 0.29) is 5.91 Å². The zero-order valence-electron chi connectivity index (χ0n) is 12.0. The van der Waals surface area contributed by atoms with Crippen molar-refractivity contribution in [3.63, 3.8) is 0 Å². The van der Waals surface area contributed by atoms with Crippen LogP contribution in [0.3, 0.4) is 0 Å². The molecule has 0 saturated carbocycles. The molecular weight excluding hydrogens is 370 g/mol. The Morgan fingerprint density at radius 3 is 2.59 bits per heavy atom. The maximum absolute atomic E-state index is 12.1. The van der Waals surface area contributed by atoms with Crippen LogP contribution in [0, 0.1) is 5.92 Å². The van der Waals surface area contributed by atoms with E-state index in [1.165, 1.54) is 0 Å². The molecule has 1 aliphatic rings. The van der Waals surface area contributed by atoms with Crippen molar-refractivity contribution in [1.29, 1.82) is 0 Å². The number of carboxylic acid groups (broad SMARTS) is 1. The Hall–Kier alpha value is -1.21. The van der Waals surface area contributed by atoms with E-state index in [1.807, 2.05) is 12.1 Å². The van der Waals surface area contributed by atoms with Crippen LogP contribution in [0.25, 0.3) is 0 Å². The third-order valence-corrected chi connectivity index (χ3v) is 5.67. The van der Waals surface area contributed by atoms with Crippen LogP contribution in [0.4, 0.5) is 0 Å². The highest BCUT2D eigenvalue weighted by Crippen LogP contribution is 2.18. The molecule has 0 radical (unpaired) electrons. The summed E-state index contributed by atoms with van der Waals surface area (Å²) in [5, 5.41) is 8.93. The highest BCUT2D eigenvalue weighted by atomic mass is 79.9. The fourth-order valence-electron chi connectivity index (χ4n) is 2.41. The van der Waals surface area contributed by atoms with Crippen molar-refractivity contribution in [1.82, 2.24) is 4.90 Å². The Balaban J connectivity index is 1.74. The lowest BCUT2D eigenvalue weighted by Gasteiger charge is -2.15. The third kappa shape index (κ3) is 4.64. The Labute approximate surface area is 140 Å². The molecule has 1 fully saturated rings. The lowest BCUT2D eigenvalue weighted by Crippen LogP contribution is -2.29. The molecule has 1 saturated heterocycles. The van der Waals surface area contributed by atoms with E-state index in [4.69, 9.17) is 5.11 Å². The van der Waals surface area contributed by atoms with Crippen LogP contribution in [0.2, 0.25) is 0 Å². The number of aliphatic carboxylic acids is 1. The Bertz CT molecular complexity index is 575. The van der Waals surface area contributed by atoms with Crippen LogP contribution >= 0.6 is 15.9 Å². The van der Waals surface area contributed by atoms with Crippen molar-refractivity contribution in [2.45, 2.75) is 24.2 Å². The largest absolute Gasteiger partial charge is 0.481 e. The number of hydrogen-bond donors (Lipinski definition) is 1. The summed E-state index contributed by atoms with van der Waals surface area (Å²) in [6, 6.07) is 7.29. The predicted molar refractivity (Wildman–Crippen MR) is 87.0 cm³/mol. The summed E-state index contributed by atoms with van der Waals surface area (Å²) in [6.45, 7) is 0.801. The smallest absolute Gasteiger partial charge is 0.308 e. The number of benzene rings is 1. The van der Waals surface area contributed by atoms with E-state index in [0.717, 1.165) is 9.37 Å². The van der Waals surface area contributed by atoms with E-state index < -0.39 is 22.7 Å². The molecule has 22 heavy (non-hydrogen) atoms. The van der Waals surface area contributed by atoms with Crippen LogP contribution in [0.5, 0.6) is 0 Å². The summed E-state index contributed by atoms with van der Waals surface area (Å²) in [4.78, 5) is 25.2. The second kappa shape index (κ2) is 7.87. The molecule has 0 unspecified atom stereocenters. The number of nitrogens with zero attached hydrogens (tertiary/aromatic N) is 1. The SMILES string of the molecule is O=C(O)[C@H]1CCN(C(=O)CCC[S@](=O)c2ccc(Br)cc2)C1. The molecule has 1 amide bonds. The maximum atomic E-state index is 12.1. The summed E-state index contributed by atoms with van der Waals surface area (Å²) in [6.07, 6.45) is 1.37. The van der Waals surface area contributed by atoms with E-state index in [1.54, 1.807) is 17.0 Å². The van der Waals surface area contributed by atoms with E-state index in [0.29, 0.717) is 38.1 Å². The van der Waals surface area contributed by atoms with Crippen molar-refractivity contribution in [2.75, 3.05) is 18.8 Å². The van der Waals surface area contributed by atoms with Crippen molar-refractivity contribution in [2.24, 2.45) is 5.92 Å². The lowest BCUT2D eigenvalue weighted by molar-refractivity contribution is -0.141.